The van der Waals surface area contributed by atoms with Crippen LogP contribution in [0.15, 0.2) is 75.7 Å². The molecule has 3 N–H and O–H groups in total. The van der Waals surface area contributed by atoms with Crippen LogP contribution < -0.4 is 20.7 Å². The number of aromatic nitrogens is 2. The summed E-state index contributed by atoms with van der Waals surface area (Å²) in [5, 5.41) is 10.1. The minimum absolute atomic E-state index is 0.109. The van der Waals surface area contributed by atoms with Crippen molar-refractivity contribution >= 4 is 23.1 Å². The maximum atomic E-state index is 14.2. The highest BCUT2D eigenvalue weighted by atomic mass is 16.5. The number of anilines is 1. The highest BCUT2D eigenvalue weighted by molar-refractivity contribution is 5.97. The van der Waals surface area contributed by atoms with Gasteiger partial charge in [-0.05, 0) is 53.5 Å². The maximum Gasteiger partial charge on any atom is 0.249 e. The first-order chi connectivity index (χ1) is 25.3. The second kappa shape index (κ2) is 11.2. The minimum atomic E-state index is -0.999. The molecule has 10 heteroatoms. The summed E-state index contributed by atoms with van der Waals surface area (Å²) < 4.78 is 20.6. The Morgan fingerprint density at radius 2 is 1.85 bits per heavy atom. The quantitative estimate of drug-likeness (QED) is 0.178. The topological polar surface area (TPSA) is 132 Å². The highest BCUT2D eigenvalue weighted by Gasteiger charge is 2.61. The molecule has 0 fully saturated rings. The lowest BCUT2D eigenvalue weighted by molar-refractivity contribution is -0.131. The fraction of sp³-hybridized carbons (Fsp3) is 0.333. The third-order valence-corrected chi connectivity index (χ3v) is 11.7. The second-order valence-electron chi connectivity index (χ2n) is 14.9. The van der Waals surface area contributed by atoms with Crippen molar-refractivity contribution < 1.29 is 23.2 Å². The van der Waals surface area contributed by atoms with Gasteiger partial charge in [-0.3, -0.25) is 9.59 Å². The first kappa shape index (κ1) is 31.1. The number of rotatable bonds is 5. The van der Waals surface area contributed by atoms with E-state index in [-0.39, 0.29) is 23.7 Å². The molecule has 10 bridgehead atoms. The first-order valence-electron chi connectivity index (χ1n) is 18.4. The molecule has 262 valence electrons. The summed E-state index contributed by atoms with van der Waals surface area (Å²) in [4.78, 5) is 37.7. The molecular formula is C42H39N5O5. The van der Waals surface area contributed by atoms with E-state index in [0.717, 1.165) is 51.1 Å². The summed E-state index contributed by atoms with van der Waals surface area (Å²) in [7, 11) is 0. The van der Waals surface area contributed by atoms with Gasteiger partial charge in [-0.25, -0.2) is 9.97 Å². The van der Waals surface area contributed by atoms with Gasteiger partial charge >= 0.3 is 0 Å². The summed E-state index contributed by atoms with van der Waals surface area (Å²) in [6.07, 6.45) is 5.84. The molecule has 52 heavy (non-hydrogen) atoms. The van der Waals surface area contributed by atoms with Crippen molar-refractivity contribution in [1.82, 2.24) is 20.6 Å². The average Bonchev–Trinajstić information content (AvgIpc) is 3.96. The predicted molar refractivity (Wildman–Crippen MR) is 194 cm³/mol. The SMILES string of the molecule is CCC(CC)C(=O)NC1Cc2ccc3c(c2)C24c5cccc(c5N[C@H]2O3)-c2cccc3c2C(=CC3)c2cnc(o2)-c2nc(oc24)[C@H](C(C)C)NC1=O. The smallest absolute Gasteiger partial charge is 0.249 e. The monoisotopic (exact) mass is 693 g/mol. The highest BCUT2D eigenvalue weighted by Crippen LogP contribution is 2.61. The van der Waals surface area contributed by atoms with E-state index in [4.69, 9.17) is 23.5 Å². The summed E-state index contributed by atoms with van der Waals surface area (Å²) in [5.74, 6) is 1.83. The molecule has 5 aromatic rings. The van der Waals surface area contributed by atoms with Gasteiger partial charge in [-0.15, -0.1) is 0 Å². The van der Waals surface area contributed by atoms with Gasteiger partial charge in [0.05, 0.1) is 6.20 Å². The number of hydrogen-bond acceptors (Lipinski definition) is 8. The zero-order valence-electron chi connectivity index (χ0n) is 29.5. The molecule has 2 amide bonds. The lowest BCUT2D eigenvalue weighted by Crippen LogP contribution is -2.51. The molecule has 0 saturated heterocycles. The number of carbonyl (C=O) groups is 2. The van der Waals surface area contributed by atoms with Crippen molar-refractivity contribution in [1.29, 1.82) is 0 Å². The minimum Gasteiger partial charge on any atom is -0.469 e. The normalized spacial score (nSPS) is 22.8. The van der Waals surface area contributed by atoms with E-state index in [2.05, 4.69) is 64.5 Å². The van der Waals surface area contributed by atoms with Crippen LogP contribution in [0.3, 0.4) is 0 Å². The van der Waals surface area contributed by atoms with Crippen LogP contribution in [-0.4, -0.2) is 34.1 Å². The van der Waals surface area contributed by atoms with Crippen molar-refractivity contribution in [3.05, 3.63) is 112 Å². The standard InChI is InChI=1S/C42H39N5O5/c1-5-22(6-2)37(48)44-29-18-21-13-16-30-28(17-21)42-27-12-8-11-25(34(27)47-41(42)51-30)24-10-7-9-23-14-15-26(32(23)24)31-19-43-39(50-31)35-36(42)52-40(46-35)33(20(3)4)45-38(29)49/h7-13,15-17,19-20,22,29,33,41,47H,5-6,14,18H2,1-4H3,(H,44,48)(H,45,49)/t29?,33-,41-,42?/m0/s1. The fourth-order valence-electron chi connectivity index (χ4n) is 9.05. The van der Waals surface area contributed by atoms with Gasteiger partial charge in [0.2, 0.25) is 23.6 Å². The van der Waals surface area contributed by atoms with E-state index in [1.165, 1.54) is 5.56 Å². The Morgan fingerprint density at radius 1 is 1.02 bits per heavy atom. The predicted octanol–water partition coefficient (Wildman–Crippen LogP) is 7.07. The molecule has 2 unspecified atom stereocenters. The first-order valence-corrected chi connectivity index (χ1v) is 18.4. The fourth-order valence-corrected chi connectivity index (χ4v) is 9.05. The van der Waals surface area contributed by atoms with E-state index in [1.54, 1.807) is 6.20 Å². The van der Waals surface area contributed by atoms with Crippen molar-refractivity contribution in [3.8, 4) is 28.5 Å². The number of oxazole rings is 2. The third kappa shape index (κ3) is 4.17. The molecule has 0 radical (unpaired) electrons. The molecule has 1 spiro atoms. The Labute approximate surface area is 301 Å². The number of hydrogen-bond donors (Lipinski definition) is 3. The summed E-state index contributed by atoms with van der Waals surface area (Å²) in [6.45, 7) is 8.03. The zero-order valence-corrected chi connectivity index (χ0v) is 29.5. The molecule has 3 aromatic carbocycles. The van der Waals surface area contributed by atoms with Crippen molar-refractivity contribution in [3.63, 3.8) is 0 Å². The molecule has 10 nitrogen and oxygen atoms in total. The van der Waals surface area contributed by atoms with Gasteiger partial charge in [0.15, 0.2) is 23.4 Å². The molecular weight excluding hydrogens is 654 g/mol. The van der Waals surface area contributed by atoms with Crippen LogP contribution in [0, 0.1) is 11.8 Å². The van der Waals surface area contributed by atoms with Gasteiger partial charge in [-0.1, -0.05) is 82.3 Å². The Bertz CT molecular complexity index is 2370. The second-order valence-corrected chi connectivity index (χ2v) is 14.9. The van der Waals surface area contributed by atoms with Crippen LogP contribution in [0.4, 0.5) is 5.69 Å². The van der Waals surface area contributed by atoms with Crippen LogP contribution in [0.2, 0.25) is 0 Å². The Balaban J connectivity index is 1.27. The van der Waals surface area contributed by atoms with Crippen LogP contribution in [0.25, 0.3) is 28.3 Å². The molecule has 6 heterocycles. The van der Waals surface area contributed by atoms with Crippen molar-refractivity contribution in [2.75, 3.05) is 5.32 Å². The lowest BCUT2D eigenvalue weighted by Gasteiger charge is -2.29. The molecule has 4 atom stereocenters. The van der Waals surface area contributed by atoms with Gasteiger partial charge < -0.3 is 29.5 Å². The van der Waals surface area contributed by atoms with Gasteiger partial charge in [-0.2, -0.15) is 0 Å². The molecule has 5 aliphatic rings. The average molecular weight is 694 g/mol. The number of ether oxygens (including phenoxy) is 1. The number of amides is 2. The Hall–Kier alpha value is -5.64. The number of carbonyl (C=O) groups excluding carboxylic acids is 2. The molecule has 1 aliphatic carbocycles. The molecule has 2 aromatic heterocycles. The van der Waals surface area contributed by atoms with E-state index < -0.39 is 23.7 Å². The number of allylic oxidation sites excluding steroid dienone is 1. The lowest BCUT2D eigenvalue weighted by atomic mass is 9.72. The van der Waals surface area contributed by atoms with E-state index >= 15 is 0 Å². The van der Waals surface area contributed by atoms with Crippen LogP contribution in [0.5, 0.6) is 5.75 Å². The van der Waals surface area contributed by atoms with Crippen molar-refractivity contribution in [2.24, 2.45) is 11.8 Å². The van der Waals surface area contributed by atoms with E-state index in [1.807, 2.05) is 39.8 Å². The number of nitrogens with zero attached hydrogens (tertiary/aromatic N) is 2. The van der Waals surface area contributed by atoms with Gasteiger partial charge in [0, 0.05) is 40.3 Å². The summed E-state index contributed by atoms with van der Waals surface area (Å²) in [6, 6.07) is 17.5. The van der Waals surface area contributed by atoms with E-state index in [0.29, 0.717) is 54.0 Å². The van der Waals surface area contributed by atoms with Gasteiger partial charge in [0.1, 0.15) is 23.2 Å². The number of para-hydroxylation sites is 1. The number of fused-ring (bicyclic) bond motifs is 7. The number of benzene rings is 3. The molecule has 0 saturated carbocycles. The van der Waals surface area contributed by atoms with Crippen LogP contribution >= 0.6 is 0 Å². The molecule has 4 aliphatic heterocycles. The largest absolute Gasteiger partial charge is 0.469 e. The third-order valence-electron chi connectivity index (χ3n) is 11.7. The summed E-state index contributed by atoms with van der Waals surface area (Å²) >= 11 is 0. The van der Waals surface area contributed by atoms with Crippen LogP contribution in [0.1, 0.15) is 91.8 Å². The zero-order chi connectivity index (χ0) is 35.5. The maximum absolute atomic E-state index is 14.2. The summed E-state index contributed by atoms with van der Waals surface area (Å²) in [5.41, 5.74) is 8.68. The van der Waals surface area contributed by atoms with Crippen molar-refractivity contribution in [2.45, 2.75) is 77.1 Å². The van der Waals surface area contributed by atoms with Gasteiger partial charge in [0.25, 0.3) is 0 Å². The number of nitrogens with one attached hydrogen (secondary N) is 3. The Morgan fingerprint density at radius 3 is 2.67 bits per heavy atom. The molecule has 10 rings (SSSR count). The van der Waals surface area contributed by atoms with Crippen LogP contribution in [-0.2, 0) is 27.8 Å². The Kier molecular flexibility index (Phi) is 6.69. The van der Waals surface area contributed by atoms with E-state index in [9.17, 15) is 9.59 Å².